The van der Waals surface area contributed by atoms with E-state index in [9.17, 15) is 8.78 Å². The number of benzene rings is 1. The molecule has 0 aliphatic carbocycles. The van der Waals surface area contributed by atoms with E-state index in [4.69, 9.17) is 5.73 Å². The van der Waals surface area contributed by atoms with Gasteiger partial charge in [0.15, 0.2) is 0 Å². The molecule has 1 rings (SSSR count). The third-order valence-electron chi connectivity index (χ3n) is 2.19. The Labute approximate surface area is 76.6 Å². The number of alkyl halides is 2. The average Bonchev–Trinajstić information content (AvgIpc) is 2.17. The van der Waals surface area contributed by atoms with Crippen LogP contribution in [-0.2, 0) is 0 Å². The summed E-state index contributed by atoms with van der Waals surface area (Å²) in [5.41, 5.74) is 6.20. The fourth-order valence-corrected chi connectivity index (χ4v) is 1.20. The molecule has 0 saturated heterocycles. The Bertz CT molecular complexity index is 248. The van der Waals surface area contributed by atoms with Crippen LogP contribution >= 0.6 is 0 Å². The number of rotatable bonds is 3. The summed E-state index contributed by atoms with van der Waals surface area (Å²) in [5.74, 6) is -0.304. The van der Waals surface area contributed by atoms with Gasteiger partial charge in [0.25, 0.3) is 6.43 Å². The zero-order chi connectivity index (χ0) is 9.84. The van der Waals surface area contributed by atoms with Crippen LogP contribution in [0, 0.1) is 0 Å². The van der Waals surface area contributed by atoms with Crippen molar-refractivity contribution in [3.8, 4) is 0 Å². The van der Waals surface area contributed by atoms with Gasteiger partial charge >= 0.3 is 0 Å². The van der Waals surface area contributed by atoms with Crippen molar-refractivity contribution in [3.63, 3.8) is 0 Å². The molecule has 13 heavy (non-hydrogen) atoms. The molecule has 0 radical (unpaired) electrons. The van der Waals surface area contributed by atoms with Gasteiger partial charge in [-0.2, -0.15) is 0 Å². The van der Waals surface area contributed by atoms with Crippen LogP contribution in [0.3, 0.4) is 0 Å². The normalized spacial score (nSPS) is 15.8. The minimum absolute atomic E-state index is 0.304. The topological polar surface area (TPSA) is 26.0 Å². The Balaban J connectivity index is 2.73. The van der Waals surface area contributed by atoms with E-state index in [2.05, 4.69) is 0 Å². The van der Waals surface area contributed by atoms with E-state index >= 15 is 0 Å². The van der Waals surface area contributed by atoms with E-state index in [-0.39, 0.29) is 5.92 Å². The van der Waals surface area contributed by atoms with E-state index < -0.39 is 12.5 Å². The molecule has 2 atom stereocenters. The van der Waals surface area contributed by atoms with Crippen LogP contribution in [0.1, 0.15) is 18.4 Å². The molecule has 0 fully saturated rings. The van der Waals surface area contributed by atoms with Crippen molar-refractivity contribution in [2.75, 3.05) is 0 Å². The van der Waals surface area contributed by atoms with Crippen LogP contribution in [0.15, 0.2) is 30.3 Å². The molecule has 0 heterocycles. The minimum atomic E-state index is -2.46. The number of hydrogen-bond acceptors (Lipinski definition) is 1. The second-order valence-electron chi connectivity index (χ2n) is 3.11. The van der Waals surface area contributed by atoms with Crippen LogP contribution in [0.5, 0.6) is 0 Å². The lowest BCUT2D eigenvalue weighted by molar-refractivity contribution is 0.106. The van der Waals surface area contributed by atoms with E-state index in [1.165, 1.54) is 0 Å². The van der Waals surface area contributed by atoms with E-state index in [0.29, 0.717) is 0 Å². The smallest absolute Gasteiger partial charge is 0.254 e. The summed E-state index contributed by atoms with van der Waals surface area (Å²) in [6.07, 6.45) is -2.46. The summed E-state index contributed by atoms with van der Waals surface area (Å²) in [4.78, 5) is 0. The van der Waals surface area contributed by atoms with Gasteiger partial charge < -0.3 is 5.73 Å². The van der Waals surface area contributed by atoms with E-state index in [1.807, 2.05) is 30.3 Å². The van der Waals surface area contributed by atoms with Gasteiger partial charge in [-0.25, -0.2) is 8.78 Å². The Morgan fingerprint density at radius 3 is 2.15 bits per heavy atom. The molecule has 2 unspecified atom stereocenters. The van der Waals surface area contributed by atoms with Gasteiger partial charge in [0, 0.05) is 5.92 Å². The van der Waals surface area contributed by atoms with Gasteiger partial charge in [-0.15, -0.1) is 0 Å². The van der Waals surface area contributed by atoms with Gasteiger partial charge in [-0.3, -0.25) is 0 Å². The van der Waals surface area contributed by atoms with Crippen LogP contribution < -0.4 is 5.73 Å². The van der Waals surface area contributed by atoms with Gasteiger partial charge in [-0.05, 0) is 5.56 Å². The summed E-state index contributed by atoms with van der Waals surface area (Å²) in [7, 11) is 0. The van der Waals surface area contributed by atoms with Crippen LogP contribution in [0.25, 0.3) is 0 Å². The fourth-order valence-electron chi connectivity index (χ4n) is 1.20. The molecule has 0 spiro atoms. The first-order valence-electron chi connectivity index (χ1n) is 4.21. The molecular formula is C10H13F2N. The molecule has 1 nitrogen and oxygen atoms in total. The minimum Gasteiger partial charge on any atom is -0.322 e. The molecule has 2 N–H and O–H groups in total. The first-order valence-corrected chi connectivity index (χ1v) is 4.21. The molecule has 0 amide bonds. The molecule has 0 bridgehead atoms. The SMILES string of the molecule is CC(c1ccccc1)C(N)C(F)F. The highest BCUT2D eigenvalue weighted by Crippen LogP contribution is 2.21. The Kier molecular flexibility index (Phi) is 3.37. The lowest BCUT2D eigenvalue weighted by atomic mass is 9.94. The van der Waals surface area contributed by atoms with Crippen LogP contribution in [-0.4, -0.2) is 12.5 Å². The maximum Gasteiger partial charge on any atom is 0.254 e. The van der Waals surface area contributed by atoms with E-state index in [0.717, 1.165) is 5.56 Å². The standard InChI is InChI=1S/C10H13F2N/c1-7(9(13)10(11)12)8-5-3-2-4-6-8/h2-7,9-10H,13H2,1H3. The third kappa shape index (κ3) is 2.49. The molecule has 0 saturated carbocycles. The van der Waals surface area contributed by atoms with Gasteiger partial charge in [-0.1, -0.05) is 37.3 Å². The maximum atomic E-state index is 12.2. The zero-order valence-corrected chi connectivity index (χ0v) is 7.45. The third-order valence-corrected chi connectivity index (χ3v) is 2.19. The second-order valence-corrected chi connectivity index (χ2v) is 3.11. The molecule has 0 aliphatic rings. The Hall–Kier alpha value is -0.960. The molecule has 1 aromatic rings. The quantitative estimate of drug-likeness (QED) is 0.768. The van der Waals surface area contributed by atoms with Crippen LogP contribution in [0.4, 0.5) is 8.78 Å². The molecular weight excluding hydrogens is 172 g/mol. The van der Waals surface area contributed by atoms with Crippen LogP contribution in [0.2, 0.25) is 0 Å². The van der Waals surface area contributed by atoms with Crippen molar-refractivity contribution in [1.29, 1.82) is 0 Å². The molecule has 72 valence electrons. The van der Waals surface area contributed by atoms with Crippen molar-refractivity contribution in [1.82, 2.24) is 0 Å². The number of nitrogens with two attached hydrogens (primary N) is 1. The predicted molar refractivity (Wildman–Crippen MR) is 48.8 cm³/mol. The maximum absolute atomic E-state index is 12.2. The van der Waals surface area contributed by atoms with E-state index in [1.54, 1.807) is 6.92 Å². The highest BCUT2D eigenvalue weighted by molar-refractivity contribution is 5.20. The summed E-state index contributed by atoms with van der Waals surface area (Å²) in [5, 5.41) is 0. The van der Waals surface area contributed by atoms with Crippen molar-refractivity contribution >= 4 is 0 Å². The molecule has 1 aromatic carbocycles. The summed E-state index contributed by atoms with van der Waals surface area (Å²) < 4.78 is 24.5. The molecule has 0 aliphatic heterocycles. The second kappa shape index (κ2) is 4.33. The first-order chi connectivity index (χ1) is 6.13. The van der Waals surface area contributed by atoms with Gasteiger partial charge in [0.2, 0.25) is 0 Å². The fraction of sp³-hybridized carbons (Fsp3) is 0.400. The number of hydrogen-bond donors (Lipinski definition) is 1. The largest absolute Gasteiger partial charge is 0.322 e. The Morgan fingerprint density at radius 2 is 1.69 bits per heavy atom. The monoisotopic (exact) mass is 185 g/mol. The highest BCUT2D eigenvalue weighted by Gasteiger charge is 2.23. The summed E-state index contributed by atoms with van der Waals surface area (Å²) >= 11 is 0. The highest BCUT2D eigenvalue weighted by atomic mass is 19.3. The van der Waals surface area contributed by atoms with Crippen molar-refractivity contribution in [3.05, 3.63) is 35.9 Å². The van der Waals surface area contributed by atoms with Crippen molar-refractivity contribution in [2.24, 2.45) is 5.73 Å². The molecule has 3 heteroatoms. The molecule has 0 aromatic heterocycles. The van der Waals surface area contributed by atoms with Gasteiger partial charge in [0.1, 0.15) is 0 Å². The predicted octanol–water partition coefficient (Wildman–Crippen LogP) is 2.38. The van der Waals surface area contributed by atoms with Gasteiger partial charge in [0.05, 0.1) is 6.04 Å². The Morgan fingerprint density at radius 1 is 1.15 bits per heavy atom. The van der Waals surface area contributed by atoms with Crippen molar-refractivity contribution in [2.45, 2.75) is 25.3 Å². The average molecular weight is 185 g/mol. The zero-order valence-electron chi connectivity index (χ0n) is 7.45. The summed E-state index contributed by atoms with van der Waals surface area (Å²) in [6, 6.07) is 8.04. The lowest BCUT2D eigenvalue weighted by Gasteiger charge is -2.19. The lowest BCUT2D eigenvalue weighted by Crippen LogP contribution is -2.34. The number of halogens is 2. The summed E-state index contributed by atoms with van der Waals surface area (Å²) in [6.45, 7) is 1.71. The first kappa shape index (κ1) is 10.1. The van der Waals surface area contributed by atoms with Crippen molar-refractivity contribution < 1.29 is 8.78 Å².